The average Bonchev–Trinajstić information content (AvgIpc) is 3.40. The number of hydrogen-bond donors (Lipinski definition) is 3. The van der Waals surface area contributed by atoms with Gasteiger partial charge in [-0.15, -0.1) is 0 Å². The van der Waals surface area contributed by atoms with Crippen LogP contribution in [0.2, 0.25) is 0 Å². The molecule has 1 aliphatic heterocycles. The number of aromatic amines is 1. The molecule has 30 heavy (non-hydrogen) atoms. The molecule has 1 aromatic heterocycles. The molecule has 0 radical (unpaired) electrons. The number of fused-ring (bicyclic) bond motifs is 1. The Kier molecular flexibility index (Phi) is 6.32. The quantitative estimate of drug-likeness (QED) is 0.321. The van der Waals surface area contributed by atoms with Gasteiger partial charge in [0, 0.05) is 55.9 Å². The van der Waals surface area contributed by atoms with Gasteiger partial charge in [-0.25, -0.2) is 0 Å². The molecule has 0 saturated carbocycles. The van der Waals surface area contributed by atoms with E-state index < -0.39 is 0 Å². The summed E-state index contributed by atoms with van der Waals surface area (Å²) in [6.45, 7) is 2.37. The average molecular weight is 404 g/mol. The fourth-order valence-electron chi connectivity index (χ4n) is 3.95. The molecular weight excluding hydrogens is 374 g/mol. The molecule has 3 N–H and O–H groups in total. The Hall–Kier alpha value is -3.28. The number of aromatic nitrogens is 1. The molecule has 0 aliphatic carbocycles. The highest BCUT2D eigenvalue weighted by Crippen LogP contribution is 2.21. The van der Waals surface area contributed by atoms with E-state index >= 15 is 0 Å². The van der Waals surface area contributed by atoms with Crippen molar-refractivity contribution >= 4 is 28.5 Å². The van der Waals surface area contributed by atoms with E-state index in [-0.39, 0.29) is 5.91 Å². The van der Waals surface area contributed by atoms with Gasteiger partial charge in [-0.2, -0.15) is 0 Å². The third-order valence-corrected chi connectivity index (χ3v) is 5.60. The fourth-order valence-corrected chi connectivity index (χ4v) is 3.95. The highest BCUT2D eigenvalue weighted by atomic mass is 16.2. The largest absolute Gasteiger partial charge is 0.361 e. The van der Waals surface area contributed by atoms with Crippen molar-refractivity contribution < 1.29 is 4.79 Å². The summed E-state index contributed by atoms with van der Waals surface area (Å²) in [6.07, 6.45) is 5.76. The number of amides is 1. The summed E-state index contributed by atoms with van der Waals surface area (Å²) >= 11 is 0. The molecule has 6 nitrogen and oxygen atoms in total. The highest BCUT2D eigenvalue weighted by Gasteiger charge is 2.21. The predicted molar refractivity (Wildman–Crippen MR) is 123 cm³/mol. The van der Waals surface area contributed by atoms with Gasteiger partial charge in [-0.05, 0) is 48.6 Å². The van der Waals surface area contributed by atoms with Crippen LogP contribution in [0.4, 0.5) is 5.69 Å². The van der Waals surface area contributed by atoms with Crippen molar-refractivity contribution in [1.29, 1.82) is 0 Å². The maximum absolute atomic E-state index is 11.9. The minimum Gasteiger partial charge on any atom is -0.361 e. The lowest BCUT2D eigenvalue weighted by molar-refractivity contribution is -0.117. The van der Waals surface area contributed by atoms with Crippen molar-refractivity contribution in [2.24, 2.45) is 4.99 Å². The van der Waals surface area contributed by atoms with Crippen LogP contribution < -0.4 is 15.5 Å². The molecule has 1 fully saturated rings. The Labute approximate surface area is 177 Å². The normalized spacial score (nSPS) is 14.5. The first kappa shape index (κ1) is 20.0. The zero-order chi connectivity index (χ0) is 20.8. The molecule has 2 aromatic carbocycles. The van der Waals surface area contributed by atoms with E-state index in [4.69, 9.17) is 0 Å². The minimum absolute atomic E-state index is 0.220. The third-order valence-electron chi connectivity index (χ3n) is 5.60. The van der Waals surface area contributed by atoms with Crippen LogP contribution in [-0.2, 0) is 17.8 Å². The van der Waals surface area contributed by atoms with E-state index in [0.717, 1.165) is 49.6 Å². The number of benzene rings is 2. The zero-order valence-electron chi connectivity index (χ0n) is 17.4. The van der Waals surface area contributed by atoms with Crippen molar-refractivity contribution in [3.05, 3.63) is 65.9 Å². The number of nitrogens with zero attached hydrogens (tertiary/aromatic N) is 2. The topological polar surface area (TPSA) is 72.5 Å². The summed E-state index contributed by atoms with van der Waals surface area (Å²) < 4.78 is 0. The molecule has 1 amide bonds. The van der Waals surface area contributed by atoms with E-state index in [1.54, 1.807) is 7.05 Å². The van der Waals surface area contributed by atoms with Gasteiger partial charge in [0.1, 0.15) is 0 Å². The number of aliphatic imine (C=N–C) groups is 1. The number of hydrogen-bond acceptors (Lipinski definition) is 2. The van der Waals surface area contributed by atoms with Gasteiger partial charge in [-0.3, -0.25) is 9.79 Å². The van der Waals surface area contributed by atoms with Crippen LogP contribution >= 0.6 is 0 Å². The second kappa shape index (κ2) is 9.48. The lowest BCUT2D eigenvalue weighted by Gasteiger charge is -2.16. The standard InChI is InChI=1S/C24H29N5O/c1-25-24(26-14-4-6-19-17-27-22-8-3-2-7-21(19)22)28-16-18-10-12-20(13-11-18)29-15-5-9-23(29)30/h2-3,7-8,10-13,17,27H,4-6,9,14-16H2,1H3,(H2,25,26,28). The van der Waals surface area contributed by atoms with E-state index in [1.807, 2.05) is 17.0 Å². The van der Waals surface area contributed by atoms with Crippen molar-refractivity contribution in [3.63, 3.8) is 0 Å². The third kappa shape index (κ3) is 4.64. The Morgan fingerprint density at radius 1 is 1.13 bits per heavy atom. The van der Waals surface area contributed by atoms with Crippen LogP contribution in [0.3, 0.4) is 0 Å². The summed E-state index contributed by atoms with van der Waals surface area (Å²) in [5, 5.41) is 8.05. The summed E-state index contributed by atoms with van der Waals surface area (Å²) in [6, 6.07) is 16.6. The van der Waals surface area contributed by atoms with Crippen molar-refractivity contribution in [1.82, 2.24) is 15.6 Å². The molecule has 0 spiro atoms. The highest BCUT2D eigenvalue weighted by molar-refractivity contribution is 5.95. The van der Waals surface area contributed by atoms with Gasteiger partial charge in [0.15, 0.2) is 5.96 Å². The SMILES string of the molecule is CN=C(NCCCc1c[nH]c2ccccc12)NCc1ccc(N2CCCC2=O)cc1. The molecular formula is C24H29N5O. The van der Waals surface area contributed by atoms with Gasteiger partial charge in [-0.1, -0.05) is 30.3 Å². The molecule has 1 saturated heterocycles. The first-order valence-electron chi connectivity index (χ1n) is 10.6. The number of aryl methyl sites for hydroxylation is 1. The lowest BCUT2D eigenvalue weighted by Crippen LogP contribution is -2.37. The van der Waals surface area contributed by atoms with E-state index in [1.165, 1.54) is 16.5 Å². The zero-order valence-corrected chi connectivity index (χ0v) is 17.4. The molecule has 156 valence electrons. The Balaban J connectivity index is 1.21. The second-order valence-corrected chi connectivity index (χ2v) is 7.63. The number of nitrogens with one attached hydrogen (secondary N) is 3. The lowest BCUT2D eigenvalue weighted by atomic mass is 10.1. The first-order chi connectivity index (χ1) is 14.7. The smallest absolute Gasteiger partial charge is 0.227 e. The van der Waals surface area contributed by atoms with E-state index in [0.29, 0.717) is 13.0 Å². The van der Waals surface area contributed by atoms with Crippen LogP contribution in [-0.4, -0.2) is 37.0 Å². The number of guanidine groups is 1. The number of para-hydroxylation sites is 1. The second-order valence-electron chi connectivity index (χ2n) is 7.63. The number of rotatable bonds is 7. The molecule has 0 atom stereocenters. The summed E-state index contributed by atoms with van der Waals surface area (Å²) in [5.41, 5.74) is 4.69. The minimum atomic E-state index is 0.220. The van der Waals surface area contributed by atoms with Crippen LogP contribution in [0, 0.1) is 0 Å². The maximum Gasteiger partial charge on any atom is 0.227 e. The van der Waals surface area contributed by atoms with Crippen LogP contribution in [0.15, 0.2) is 59.7 Å². The summed E-state index contributed by atoms with van der Waals surface area (Å²) in [4.78, 5) is 21.4. The molecule has 6 heteroatoms. The molecule has 4 rings (SSSR count). The molecule has 2 heterocycles. The monoisotopic (exact) mass is 403 g/mol. The number of carbonyl (C=O) groups excluding carboxylic acids is 1. The predicted octanol–water partition coefficient (Wildman–Crippen LogP) is 3.59. The Morgan fingerprint density at radius 2 is 1.97 bits per heavy atom. The first-order valence-corrected chi connectivity index (χ1v) is 10.6. The van der Waals surface area contributed by atoms with Crippen LogP contribution in [0.25, 0.3) is 10.9 Å². The van der Waals surface area contributed by atoms with Gasteiger partial charge in [0.05, 0.1) is 0 Å². The van der Waals surface area contributed by atoms with Crippen molar-refractivity contribution in [2.75, 3.05) is 25.0 Å². The Morgan fingerprint density at radius 3 is 2.73 bits per heavy atom. The van der Waals surface area contributed by atoms with Gasteiger partial charge in [0.2, 0.25) is 5.91 Å². The number of H-pyrrole nitrogens is 1. The number of anilines is 1. The fraction of sp³-hybridized carbons (Fsp3) is 0.333. The molecule has 3 aromatic rings. The van der Waals surface area contributed by atoms with E-state index in [2.05, 4.69) is 63.2 Å². The van der Waals surface area contributed by atoms with Crippen LogP contribution in [0.1, 0.15) is 30.4 Å². The van der Waals surface area contributed by atoms with Gasteiger partial charge >= 0.3 is 0 Å². The van der Waals surface area contributed by atoms with Crippen molar-refractivity contribution in [3.8, 4) is 0 Å². The molecule has 1 aliphatic rings. The summed E-state index contributed by atoms with van der Waals surface area (Å²) in [5.74, 6) is 1.02. The molecule has 0 bridgehead atoms. The van der Waals surface area contributed by atoms with Gasteiger partial charge < -0.3 is 20.5 Å². The van der Waals surface area contributed by atoms with Gasteiger partial charge in [0.25, 0.3) is 0 Å². The number of carbonyl (C=O) groups is 1. The summed E-state index contributed by atoms with van der Waals surface area (Å²) in [7, 11) is 1.79. The van der Waals surface area contributed by atoms with Crippen LogP contribution in [0.5, 0.6) is 0 Å². The molecule has 0 unspecified atom stereocenters. The maximum atomic E-state index is 11.9. The van der Waals surface area contributed by atoms with E-state index in [9.17, 15) is 4.79 Å². The van der Waals surface area contributed by atoms with Crippen molar-refractivity contribution in [2.45, 2.75) is 32.2 Å². The Bertz CT molecular complexity index is 1020.